The van der Waals surface area contributed by atoms with Gasteiger partial charge in [-0.25, -0.2) is 0 Å². The Hall–Kier alpha value is -2.36. The number of nitrogens with zero attached hydrogens (tertiary/aromatic N) is 2. The van der Waals surface area contributed by atoms with E-state index in [1.54, 1.807) is 6.20 Å². The van der Waals surface area contributed by atoms with Gasteiger partial charge in [0.2, 0.25) is 5.91 Å². The van der Waals surface area contributed by atoms with Gasteiger partial charge in [-0.05, 0) is 48.6 Å². The minimum Gasteiger partial charge on any atom is -0.494 e. The lowest BCUT2D eigenvalue weighted by molar-refractivity contribution is -0.118. The Bertz CT molecular complexity index is 667. The number of pyridine rings is 1. The van der Waals surface area contributed by atoms with Crippen molar-refractivity contribution < 1.29 is 9.53 Å². The number of ether oxygens (including phenoxy) is 1. The van der Waals surface area contributed by atoms with Gasteiger partial charge in [0.1, 0.15) is 5.75 Å². The third kappa shape index (κ3) is 3.70. The van der Waals surface area contributed by atoms with Crippen molar-refractivity contribution in [3.8, 4) is 5.75 Å². The molecule has 1 aliphatic heterocycles. The number of fused-ring (bicyclic) bond motifs is 1. The smallest absolute Gasteiger partial charge is 0.227 e. The molecule has 0 spiro atoms. The average Bonchev–Trinajstić information content (AvgIpc) is 3.03. The summed E-state index contributed by atoms with van der Waals surface area (Å²) in [4.78, 5) is 18.5. The molecule has 4 heteroatoms. The molecule has 0 saturated heterocycles. The Morgan fingerprint density at radius 1 is 1.26 bits per heavy atom. The van der Waals surface area contributed by atoms with Crippen LogP contribution in [0.2, 0.25) is 0 Å². The maximum atomic E-state index is 12.5. The van der Waals surface area contributed by atoms with Crippen LogP contribution in [-0.4, -0.2) is 24.0 Å². The van der Waals surface area contributed by atoms with E-state index >= 15 is 0 Å². The molecular weight excluding hydrogens is 288 g/mol. The van der Waals surface area contributed by atoms with E-state index in [1.165, 1.54) is 5.56 Å². The minimum absolute atomic E-state index is 0.182. The van der Waals surface area contributed by atoms with Crippen molar-refractivity contribution in [3.05, 3.63) is 53.9 Å². The van der Waals surface area contributed by atoms with Gasteiger partial charge >= 0.3 is 0 Å². The summed E-state index contributed by atoms with van der Waals surface area (Å²) < 4.78 is 5.58. The Morgan fingerprint density at radius 3 is 2.87 bits per heavy atom. The lowest BCUT2D eigenvalue weighted by atomic mass is 10.1. The van der Waals surface area contributed by atoms with Crippen LogP contribution in [0.3, 0.4) is 0 Å². The zero-order valence-electron chi connectivity index (χ0n) is 13.5. The van der Waals surface area contributed by atoms with E-state index in [9.17, 15) is 4.79 Å². The fourth-order valence-electron chi connectivity index (χ4n) is 2.85. The molecule has 0 radical (unpaired) electrons. The number of carbonyl (C=O) groups is 1. The number of hydrogen-bond acceptors (Lipinski definition) is 3. The molecule has 0 unspecified atom stereocenters. The summed E-state index contributed by atoms with van der Waals surface area (Å²) in [5.41, 5.74) is 3.35. The fraction of sp³-hybridized carbons (Fsp3) is 0.368. The molecule has 0 aliphatic carbocycles. The summed E-state index contributed by atoms with van der Waals surface area (Å²) in [5, 5.41) is 0. The second-order valence-corrected chi connectivity index (χ2v) is 5.79. The monoisotopic (exact) mass is 310 g/mol. The SMILES string of the molecule is CCCOc1ccc(CCC(=O)N2CCc3cnccc32)cc1. The van der Waals surface area contributed by atoms with E-state index in [0.29, 0.717) is 6.42 Å². The Balaban J connectivity index is 1.55. The molecular formula is C19H22N2O2. The van der Waals surface area contributed by atoms with Crippen LogP contribution < -0.4 is 9.64 Å². The van der Waals surface area contributed by atoms with Gasteiger partial charge in [-0.2, -0.15) is 0 Å². The number of amides is 1. The van der Waals surface area contributed by atoms with Crippen molar-refractivity contribution in [2.75, 3.05) is 18.1 Å². The van der Waals surface area contributed by atoms with Crippen molar-refractivity contribution >= 4 is 11.6 Å². The van der Waals surface area contributed by atoms with Crippen LogP contribution in [0.15, 0.2) is 42.7 Å². The molecule has 0 N–H and O–H groups in total. The first kappa shape index (κ1) is 15.5. The minimum atomic E-state index is 0.182. The summed E-state index contributed by atoms with van der Waals surface area (Å²) in [5.74, 6) is 1.07. The van der Waals surface area contributed by atoms with Crippen LogP contribution >= 0.6 is 0 Å². The van der Waals surface area contributed by atoms with E-state index in [2.05, 4.69) is 11.9 Å². The summed E-state index contributed by atoms with van der Waals surface area (Å²) in [6, 6.07) is 9.97. The molecule has 0 saturated carbocycles. The van der Waals surface area contributed by atoms with Crippen LogP contribution in [0.5, 0.6) is 5.75 Å². The zero-order valence-corrected chi connectivity index (χ0v) is 13.5. The second kappa shape index (κ2) is 7.27. The van der Waals surface area contributed by atoms with E-state index < -0.39 is 0 Å². The normalized spacial score (nSPS) is 13.0. The maximum Gasteiger partial charge on any atom is 0.227 e. The Labute approximate surface area is 137 Å². The van der Waals surface area contributed by atoms with Crippen molar-refractivity contribution in [1.82, 2.24) is 4.98 Å². The van der Waals surface area contributed by atoms with Gasteiger partial charge < -0.3 is 9.64 Å². The van der Waals surface area contributed by atoms with E-state index in [1.807, 2.05) is 41.4 Å². The third-order valence-electron chi connectivity index (χ3n) is 4.10. The summed E-state index contributed by atoms with van der Waals surface area (Å²) >= 11 is 0. The van der Waals surface area contributed by atoms with Crippen molar-refractivity contribution in [2.45, 2.75) is 32.6 Å². The quantitative estimate of drug-likeness (QED) is 0.821. The molecule has 1 aromatic heterocycles. The molecule has 2 aromatic rings. The van der Waals surface area contributed by atoms with E-state index in [-0.39, 0.29) is 5.91 Å². The molecule has 4 nitrogen and oxygen atoms in total. The van der Waals surface area contributed by atoms with E-state index in [0.717, 1.165) is 49.4 Å². The molecule has 0 atom stereocenters. The average molecular weight is 310 g/mol. The molecule has 0 bridgehead atoms. The fourth-order valence-corrected chi connectivity index (χ4v) is 2.85. The molecule has 1 amide bonds. The summed E-state index contributed by atoms with van der Waals surface area (Å²) in [7, 11) is 0. The van der Waals surface area contributed by atoms with Gasteiger partial charge in [-0.3, -0.25) is 9.78 Å². The molecule has 120 valence electrons. The van der Waals surface area contributed by atoms with Crippen molar-refractivity contribution in [1.29, 1.82) is 0 Å². The highest BCUT2D eigenvalue weighted by Crippen LogP contribution is 2.27. The number of carbonyl (C=O) groups excluding carboxylic acids is 1. The van der Waals surface area contributed by atoms with Gasteiger partial charge in [0.15, 0.2) is 0 Å². The Morgan fingerprint density at radius 2 is 2.09 bits per heavy atom. The van der Waals surface area contributed by atoms with Crippen molar-refractivity contribution in [2.24, 2.45) is 0 Å². The predicted octanol–water partition coefficient (Wildman–Crippen LogP) is 3.39. The highest BCUT2D eigenvalue weighted by atomic mass is 16.5. The van der Waals surface area contributed by atoms with Gasteiger partial charge in [0, 0.05) is 31.0 Å². The number of anilines is 1. The maximum absolute atomic E-state index is 12.5. The topological polar surface area (TPSA) is 42.4 Å². The van der Waals surface area contributed by atoms with Gasteiger partial charge in [0.05, 0.1) is 6.61 Å². The molecule has 23 heavy (non-hydrogen) atoms. The number of aromatic nitrogens is 1. The summed E-state index contributed by atoms with van der Waals surface area (Å²) in [6.45, 7) is 3.59. The van der Waals surface area contributed by atoms with Gasteiger partial charge in [0.25, 0.3) is 0 Å². The number of aryl methyl sites for hydroxylation is 1. The molecule has 0 fully saturated rings. The van der Waals surface area contributed by atoms with Crippen LogP contribution in [0.1, 0.15) is 30.9 Å². The standard InChI is InChI=1S/C19H22N2O2/c1-2-13-23-17-6-3-15(4-7-17)5-8-19(22)21-12-10-16-14-20-11-9-18(16)21/h3-4,6-7,9,11,14H,2,5,8,10,12-13H2,1H3. The predicted molar refractivity (Wildman–Crippen MR) is 90.8 cm³/mol. The second-order valence-electron chi connectivity index (χ2n) is 5.79. The number of benzene rings is 1. The number of hydrogen-bond donors (Lipinski definition) is 0. The van der Waals surface area contributed by atoms with Gasteiger partial charge in [-0.15, -0.1) is 0 Å². The molecule has 3 rings (SSSR count). The van der Waals surface area contributed by atoms with Crippen LogP contribution in [0, 0.1) is 0 Å². The van der Waals surface area contributed by atoms with Crippen molar-refractivity contribution in [3.63, 3.8) is 0 Å². The van der Waals surface area contributed by atoms with Crippen LogP contribution in [0.25, 0.3) is 0 Å². The summed E-state index contributed by atoms with van der Waals surface area (Å²) in [6.07, 6.45) is 6.79. The largest absolute Gasteiger partial charge is 0.494 e. The first-order valence-electron chi connectivity index (χ1n) is 8.23. The highest BCUT2D eigenvalue weighted by Gasteiger charge is 2.23. The van der Waals surface area contributed by atoms with E-state index in [4.69, 9.17) is 4.74 Å². The van der Waals surface area contributed by atoms with Gasteiger partial charge in [-0.1, -0.05) is 19.1 Å². The number of rotatable bonds is 6. The molecule has 1 aliphatic rings. The van der Waals surface area contributed by atoms with Crippen LogP contribution in [0.4, 0.5) is 5.69 Å². The Kier molecular flexibility index (Phi) is 4.91. The zero-order chi connectivity index (χ0) is 16.1. The highest BCUT2D eigenvalue weighted by molar-refractivity contribution is 5.95. The molecule has 2 heterocycles. The molecule has 1 aromatic carbocycles. The lowest BCUT2D eigenvalue weighted by Crippen LogP contribution is -2.29. The lowest BCUT2D eigenvalue weighted by Gasteiger charge is -2.17. The first-order valence-corrected chi connectivity index (χ1v) is 8.23. The van der Waals surface area contributed by atoms with Crippen LogP contribution in [-0.2, 0) is 17.6 Å². The third-order valence-corrected chi connectivity index (χ3v) is 4.10. The first-order chi connectivity index (χ1) is 11.3.